The molecule has 2 aromatic carbocycles. The molecule has 2 aromatic heterocycles. The van der Waals surface area contributed by atoms with Crippen LogP contribution in [-0.2, 0) is 6.18 Å². The monoisotopic (exact) mass is 326 g/mol. The molecule has 0 N–H and O–H groups in total. The Hall–Kier alpha value is -2.82. The molecule has 5 heteroatoms. The summed E-state index contributed by atoms with van der Waals surface area (Å²) in [6.07, 6.45) is -2.38. The van der Waals surface area contributed by atoms with Crippen LogP contribution in [0, 0.1) is 6.92 Å². The van der Waals surface area contributed by atoms with Crippen LogP contribution in [0.3, 0.4) is 0 Å². The van der Waals surface area contributed by atoms with E-state index in [9.17, 15) is 13.2 Å². The molecule has 2 nitrogen and oxygen atoms in total. The van der Waals surface area contributed by atoms with Crippen molar-refractivity contribution in [3.8, 4) is 11.3 Å². The van der Waals surface area contributed by atoms with Crippen LogP contribution in [0.25, 0.3) is 27.8 Å². The van der Waals surface area contributed by atoms with Gasteiger partial charge in [0.05, 0.1) is 27.8 Å². The first-order valence-corrected chi connectivity index (χ1v) is 7.49. The molecular formula is C19H13F3N2. The van der Waals surface area contributed by atoms with Crippen molar-refractivity contribution >= 4 is 16.6 Å². The van der Waals surface area contributed by atoms with Crippen molar-refractivity contribution in [2.24, 2.45) is 0 Å². The standard InChI is InChI=1S/C19H13F3N2/c1-12-10-11-24-16-5-3-2-4-15(16)23-17(18(12)24)13-6-8-14(9-7-13)19(20,21)22/h2-11H,1H3. The Morgan fingerprint density at radius 3 is 2.33 bits per heavy atom. The summed E-state index contributed by atoms with van der Waals surface area (Å²) in [5, 5.41) is 0. The third-order valence-corrected chi connectivity index (χ3v) is 4.17. The van der Waals surface area contributed by atoms with Crippen molar-refractivity contribution in [3.63, 3.8) is 0 Å². The van der Waals surface area contributed by atoms with Gasteiger partial charge in [-0.1, -0.05) is 24.3 Å². The van der Waals surface area contributed by atoms with E-state index in [1.807, 2.05) is 47.9 Å². The Labute approximate surface area is 136 Å². The number of halogens is 3. The maximum Gasteiger partial charge on any atom is 0.416 e. The van der Waals surface area contributed by atoms with Crippen molar-refractivity contribution in [2.75, 3.05) is 0 Å². The summed E-state index contributed by atoms with van der Waals surface area (Å²) in [7, 11) is 0. The van der Waals surface area contributed by atoms with Crippen molar-refractivity contribution < 1.29 is 13.2 Å². The lowest BCUT2D eigenvalue weighted by molar-refractivity contribution is -0.137. The van der Waals surface area contributed by atoms with Gasteiger partial charge < -0.3 is 4.40 Å². The summed E-state index contributed by atoms with van der Waals surface area (Å²) in [4.78, 5) is 4.70. The van der Waals surface area contributed by atoms with Crippen molar-refractivity contribution in [3.05, 3.63) is 71.9 Å². The van der Waals surface area contributed by atoms with Gasteiger partial charge in [-0.05, 0) is 42.8 Å². The topological polar surface area (TPSA) is 17.3 Å². The highest BCUT2D eigenvalue weighted by molar-refractivity contribution is 5.89. The molecule has 0 bridgehead atoms. The van der Waals surface area contributed by atoms with E-state index in [0.717, 1.165) is 34.2 Å². The molecule has 0 saturated heterocycles. The Bertz CT molecular complexity index is 1040. The highest BCUT2D eigenvalue weighted by Gasteiger charge is 2.30. The molecule has 0 aliphatic carbocycles. The summed E-state index contributed by atoms with van der Waals surface area (Å²) in [6, 6.07) is 14.9. The van der Waals surface area contributed by atoms with E-state index >= 15 is 0 Å². The molecule has 0 atom stereocenters. The van der Waals surface area contributed by atoms with Gasteiger partial charge in [0, 0.05) is 11.8 Å². The average molecular weight is 326 g/mol. The number of para-hydroxylation sites is 2. The van der Waals surface area contributed by atoms with Gasteiger partial charge in [-0.25, -0.2) is 4.98 Å². The Morgan fingerprint density at radius 1 is 0.917 bits per heavy atom. The second kappa shape index (κ2) is 5.09. The number of alkyl halides is 3. The summed E-state index contributed by atoms with van der Waals surface area (Å²) in [6.45, 7) is 1.97. The van der Waals surface area contributed by atoms with Crippen molar-refractivity contribution in [2.45, 2.75) is 13.1 Å². The Balaban J connectivity index is 2.00. The van der Waals surface area contributed by atoms with Gasteiger partial charge in [0.1, 0.15) is 0 Å². The summed E-state index contributed by atoms with van der Waals surface area (Å²) in [5.74, 6) is 0. The zero-order valence-corrected chi connectivity index (χ0v) is 12.8. The zero-order chi connectivity index (χ0) is 16.9. The number of benzene rings is 2. The van der Waals surface area contributed by atoms with Crippen LogP contribution in [0.2, 0.25) is 0 Å². The Morgan fingerprint density at radius 2 is 1.62 bits per heavy atom. The molecule has 4 aromatic rings. The van der Waals surface area contributed by atoms with Crippen LogP contribution in [0.4, 0.5) is 13.2 Å². The smallest absolute Gasteiger partial charge is 0.313 e. The quantitative estimate of drug-likeness (QED) is 0.452. The fraction of sp³-hybridized carbons (Fsp3) is 0.105. The number of rotatable bonds is 1. The molecule has 2 heterocycles. The van der Waals surface area contributed by atoms with Crippen LogP contribution in [0.15, 0.2) is 60.8 Å². The third-order valence-electron chi connectivity index (χ3n) is 4.17. The first-order chi connectivity index (χ1) is 11.4. The molecule has 0 amide bonds. The van der Waals surface area contributed by atoms with Crippen LogP contribution in [0.5, 0.6) is 0 Å². The molecule has 0 spiro atoms. The van der Waals surface area contributed by atoms with E-state index in [-0.39, 0.29) is 0 Å². The maximum absolute atomic E-state index is 12.8. The molecule has 0 aliphatic heterocycles. The normalized spacial score (nSPS) is 12.2. The van der Waals surface area contributed by atoms with Crippen LogP contribution < -0.4 is 0 Å². The zero-order valence-electron chi connectivity index (χ0n) is 12.8. The van der Waals surface area contributed by atoms with E-state index in [2.05, 4.69) is 0 Å². The molecule has 0 aliphatic rings. The molecular weight excluding hydrogens is 313 g/mol. The first kappa shape index (κ1) is 14.8. The van der Waals surface area contributed by atoms with Gasteiger partial charge in [-0.2, -0.15) is 13.2 Å². The molecule has 24 heavy (non-hydrogen) atoms. The van der Waals surface area contributed by atoms with Crippen LogP contribution >= 0.6 is 0 Å². The summed E-state index contributed by atoms with van der Waals surface area (Å²) >= 11 is 0. The minimum absolute atomic E-state index is 0.657. The molecule has 120 valence electrons. The van der Waals surface area contributed by atoms with Gasteiger partial charge in [0.25, 0.3) is 0 Å². The number of aryl methyl sites for hydroxylation is 1. The second-order valence-electron chi connectivity index (χ2n) is 5.74. The lowest BCUT2D eigenvalue weighted by Crippen LogP contribution is -2.04. The largest absolute Gasteiger partial charge is 0.416 e. The predicted molar refractivity (Wildman–Crippen MR) is 87.9 cm³/mol. The average Bonchev–Trinajstić information content (AvgIpc) is 2.96. The van der Waals surface area contributed by atoms with Crippen LogP contribution in [0.1, 0.15) is 11.1 Å². The van der Waals surface area contributed by atoms with Gasteiger partial charge >= 0.3 is 6.18 Å². The van der Waals surface area contributed by atoms with Gasteiger partial charge in [-0.15, -0.1) is 0 Å². The molecule has 4 rings (SSSR count). The number of aromatic nitrogens is 2. The highest BCUT2D eigenvalue weighted by Crippen LogP contribution is 2.33. The minimum atomic E-state index is -4.34. The number of hydrogen-bond acceptors (Lipinski definition) is 1. The number of hydrogen-bond donors (Lipinski definition) is 0. The fourth-order valence-electron chi connectivity index (χ4n) is 2.99. The molecule has 0 fully saturated rings. The van der Waals surface area contributed by atoms with E-state index in [0.29, 0.717) is 11.3 Å². The minimum Gasteiger partial charge on any atom is -0.313 e. The second-order valence-corrected chi connectivity index (χ2v) is 5.74. The fourth-order valence-corrected chi connectivity index (χ4v) is 2.99. The maximum atomic E-state index is 12.8. The number of fused-ring (bicyclic) bond motifs is 3. The SMILES string of the molecule is Cc1ccn2c1c(-c1ccc(C(F)(F)F)cc1)nc1ccccc12. The third kappa shape index (κ3) is 2.24. The van der Waals surface area contributed by atoms with E-state index in [4.69, 9.17) is 4.98 Å². The van der Waals surface area contributed by atoms with E-state index in [1.165, 1.54) is 12.1 Å². The predicted octanol–water partition coefficient (Wildman–Crippen LogP) is 5.48. The van der Waals surface area contributed by atoms with Crippen LogP contribution in [-0.4, -0.2) is 9.38 Å². The van der Waals surface area contributed by atoms with Gasteiger partial charge in [0.2, 0.25) is 0 Å². The first-order valence-electron chi connectivity index (χ1n) is 7.49. The lowest BCUT2D eigenvalue weighted by atomic mass is 10.1. The van der Waals surface area contributed by atoms with Gasteiger partial charge in [0.15, 0.2) is 0 Å². The number of nitrogens with zero attached hydrogens (tertiary/aromatic N) is 2. The lowest BCUT2D eigenvalue weighted by Gasteiger charge is -2.11. The summed E-state index contributed by atoms with van der Waals surface area (Å²) in [5.41, 5.74) is 4.41. The molecule has 0 saturated carbocycles. The van der Waals surface area contributed by atoms with E-state index in [1.54, 1.807) is 0 Å². The van der Waals surface area contributed by atoms with Crippen molar-refractivity contribution in [1.82, 2.24) is 9.38 Å². The summed E-state index contributed by atoms with van der Waals surface area (Å²) < 4.78 is 40.4. The van der Waals surface area contributed by atoms with Gasteiger partial charge in [-0.3, -0.25) is 0 Å². The Kier molecular flexibility index (Phi) is 3.13. The highest BCUT2D eigenvalue weighted by atomic mass is 19.4. The van der Waals surface area contributed by atoms with E-state index < -0.39 is 11.7 Å². The molecule has 0 radical (unpaired) electrons. The van der Waals surface area contributed by atoms with Crippen molar-refractivity contribution in [1.29, 1.82) is 0 Å². The molecule has 0 unspecified atom stereocenters.